The van der Waals surface area contributed by atoms with Gasteiger partial charge in [0.15, 0.2) is 5.96 Å². The van der Waals surface area contributed by atoms with Crippen LogP contribution in [0, 0.1) is 5.82 Å². The largest absolute Gasteiger partial charge is 0.383 e. The van der Waals surface area contributed by atoms with Gasteiger partial charge >= 0.3 is 0 Å². The highest BCUT2D eigenvalue weighted by atomic mass is 32.2. The lowest BCUT2D eigenvalue weighted by Gasteiger charge is -2.11. The fourth-order valence-corrected chi connectivity index (χ4v) is 2.69. The average Bonchev–Trinajstić information content (AvgIpc) is 2.61. The molecule has 25 heavy (non-hydrogen) atoms. The van der Waals surface area contributed by atoms with Crippen molar-refractivity contribution in [2.45, 2.75) is 18.2 Å². The highest BCUT2D eigenvalue weighted by molar-refractivity contribution is 7.99. The summed E-state index contributed by atoms with van der Waals surface area (Å²) < 4.78 is 17.7. The van der Waals surface area contributed by atoms with E-state index in [0.29, 0.717) is 19.1 Å². The first kappa shape index (κ1) is 21.2. The molecule has 1 aromatic rings. The maximum absolute atomic E-state index is 12.8. The van der Waals surface area contributed by atoms with Gasteiger partial charge in [0.05, 0.1) is 6.61 Å². The number of amides is 1. The molecule has 1 rings (SSSR count). The summed E-state index contributed by atoms with van der Waals surface area (Å²) in [5, 5.41) is 9.03. The van der Waals surface area contributed by atoms with Crippen molar-refractivity contribution in [1.29, 1.82) is 0 Å². The fourth-order valence-electron chi connectivity index (χ4n) is 1.84. The van der Waals surface area contributed by atoms with Gasteiger partial charge in [-0.05, 0) is 43.4 Å². The molecule has 1 amide bonds. The lowest BCUT2D eigenvalue weighted by molar-refractivity contribution is -0.119. The predicted molar refractivity (Wildman–Crippen MR) is 101 cm³/mol. The maximum atomic E-state index is 12.8. The van der Waals surface area contributed by atoms with E-state index >= 15 is 0 Å². The molecule has 0 aliphatic carbocycles. The van der Waals surface area contributed by atoms with Gasteiger partial charge in [-0.25, -0.2) is 9.38 Å². The van der Waals surface area contributed by atoms with Crippen LogP contribution in [0.2, 0.25) is 0 Å². The molecule has 6 nitrogen and oxygen atoms in total. The summed E-state index contributed by atoms with van der Waals surface area (Å²) in [5.41, 5.74) is 0. The van der Waals surface area contributed by atoms with Crippen molar-refractivity contribution >= 4 is 23.6 Å². The Morgan fingerprint density at radius 1 is 1.20 bits per heavy atom. The van der Waals surface area contributed by atoms with Crippen molar-refractivity contribution in [2.24, 2.45) is 4.99 Å². The molecule has 0 aliphatic heterocycles. The molecule has 0 unspecified atom stereocenters. The van der Waals surface area contributed by atoms with Gasteiger partial charge in [-0.3, -0.25) is 4.79 Å². The van der Waals surface area contributed by atoms with Crippen molar-refractivity contribution in [3.8, 4) is 0 Å². The third-order valence-corrected chi connectivity index (χ3v) is 4.15. The number of nitrogens with one attached hydrogen (secondary N) is 3. The summed E-state index contributed by atoms with van der Waals surface area (Å²) in [5.74, 6) is 1.18. The van der Waals surface area contributed by atoms with Crippen molar-refractivity contribution in [3.05, 3.63) is 30.1 Å². The van der Waals surface area contributed by atoms with E-state index in [1.165, 1.54) is 12.1 Å². The SMILES string of the molecule is CCNC(=NCC(=O)NCCOC)NCCCSc1ccc(F)cc1. The number of hydrogen-bond acceptors (Lipinski definition) is 4. The summed E-state index contributed by atoms with van der Waals surface area (Å²) in [6.45, 7) is 4.48. The van der Waals surface area contributed by atoms with E-state index in [9.17, 15) is 9.18 Å². The molecule has 0 saturated carbocycles. The van der Waals surface area contributed by atoms with Gasteiger partial charge in [0.1, 0.15) is 12.4 Å². The van der Waals surface area contributed by atoms with Crippen molar-refractivity contribution in [3.63, 3.8) is 0 Å². The monoisotopic (exact) mass is 370 g/mol. The van der Waals surface area contributed by atoms with E-state index < -0.39 is 0 Å². The first-order valence-corrected chi connectivity index (χ1v) is 9.30. The Morgan fingerprint density at radius 2 is 1.96 bits per heavy atom. The van der Waals surface area contributed by atoms with Crippen molar-refractivity contribution < 1.29 is 13.9 Å². The van der Waals surface area contributed by atoms with Gasteiger partial charge in [0.25, 0.3) is 0 Å². The van der Waals surface area contributed by atoms with Crippen LogP contribution in [0.25, 0.3) is 0 Å². The second-order valence-electron chi connectivity index (χ2n) is 5.12. The Hall–Kier alpha value is -1.80. The second kappa shape index (κ2) is 13.5. The molecule has 1 aromatic carbocycles. The van der Waals surface area contributed by atoms with Gasteiger partial charge < -0.3 is 20.7 Å². The van der Waals surface area contributed by atoms with E-state index in [4.69, 9.17) is 4.74 Å². The van der Waals surface area contributed by atoms with Crippen molar-refractivity contribution in [1.82, 2.24) is 16.0 Å². The zero-order chi connectivity index (χ0) is 18.3. The van der Waals surface area contributed by atoms with E-state index in [2.05, 4.69) is 20.9 Å². The first-order valence-electron chi connectivity index (χ1n) is 8.32. The number of thioether (sulfide) groups is 1. The number of methoxy groups -OCH3 is 1. The predicted octanol–water partition coefficient (Wildman–Crippen LogP) is 1.63. The average molecular weight is 370 g/mol. The highest BCUT2D eigenvalue weighted by Crippen LogP contribution is 2.18. The van der Waals surface area contributed by atoms with Crippen LogP contribution >= 0.6 is 11.8 Å². The van der Waals surface area contributed by atoms with Gasteiger partial charge in [0, 0.05) is 31.6 Å². The molecule has 0 fully saturated rings. The Morgan fingerprint density at radius 3 is 2.64 bits per heavy atom. The van der Waals surface area contributed by atoms with Crippen LogP contribution in [0.4, 0.5) is 4.39 Å². The molecule has 0 spiro atoms. The number of nitrogens with zero attached hydrogens (tertiary/aromatic N) is 1. The molecule has 0 aliphatic rings. The summed E-state index contributed by atoms with van der Waals surface area (Å²) in [6, 6.07) is 6.49. The standard InChI is InChI=1S/C17H27FN4O2S/c1-3-19-17(22-13-16(23)20-10-11-24-2)21-9-4-12-25-15-7-5-14(18)6-8-15/h5-8H,3-4,9-13H2,1-2H3,(H,20,23)(H2,19,21,22). The molecule has 0 bridgehead atoms. The van der Waals surface area contributed by atoms with E-state index in [0.717, 1.165) is 30.2 Å². The number of hydrogen-bond donors (Lipinski definition) is 3. The molecule has 8 heteroatoms. The number of halogens is 1. The maximum Gasteiger partial charge on any atom is 0.241 e. The Labute approximate surface area is 153 Å². The summed E-state index contributed by atoms with van der Waals surface area (Å²) >= 11 is 1.68. The Balaban J connectivity index is 2.23. The molecular formula is C17H27FN4O2S. The number of carbonyl (C=O) groups is 1. The number of carbonyl (C=O) groups excluding carboxylic acids is 1. The minimum absolute atomic E-state index is 0.0728. The lowest BCUT2D eigenvalue weighted by atomic mass is 10.4. The van der Waals surface area contributed by atoms with Crippen LogP contribution in [0.3, 0.4) is 0 Å². The number of guanidine groups is 1. The van der Waals surface area contributed by atoms with Gasteiger partial charge in [-0.2, -0.15) is 0 Å². The first-order chi connectivity index (χ1) is 12.2. The van der Waals surface area contributed by atoms with Gasteiger partial charge in [-0.15, -0.1) is 11.8 Å². The second-order valence-corrected chi connectivity index (χ2v) is 6.29. The number of rotatable bonds is 11. The molecule has 0 saturated heterocycles. The summed E-state index contributed by atoms with van der Waals surface area (Å²) in [7, 11) is 1.59. The molecule has 140 valence electrons. The minimum atomic E-state index is -0.219. The molecular weight excluding hydrogens is 343 g/mol. The van der Waals surface area contributed by atoms with Crippen LogP contribution in [-0.4, -0.2) is 57.5 Å². The number of ether oxygens (including phenoxy) is 1. The fraction of sp³-hybridized carbons (Fsp3) is 0.529. The van der Waals surface area contributed by atoms with Crippen LogP contribution in [0.1, 0.15) is 13.3 Å². The summed E-state index contributed by atoms with van der Waals surface area (Å²) in [4.78, 5) is 16.9. The van der Waals surface area contributed by atoms with Crippen LogP contribution in [0.5, 0.6) is 0 Å². The van der Waals surface area contributed by atoms with Gasteiger partial charge in [0.2, 0.25) is 5.91 Å². The minimum Gasteiger partial charge on any atom is -0.383 e. The Bertz CT molecular complexity index is 526. The van der Waals surface area contributed by atoms with E-state index in [-0.39, 0.29) is 18.3 Å². The Kier molecular flexibility index (Phi) is 11.5. The normalized spacial score (nSPS) is 11.2. The smallest absolute Gasteiger partial charge is 0.241 e. The molecule has 0 atom stereocenters. The molecule has 0 radical (unpaired) electrons. The highest BCUT2D eigenvalue weighted by Gasteiger charge is 2.02. The molecule has 0 aromatic heterocycles. The third kappa shape index (κ3) is 10.6. The zero-order valence-corrected chi connectivity index (χ0v) is 15.6. The summed E-state index contributed by atoms with van der Waals surface area (Å²) in [6.07, 6.45) is 0.923. The van der Waals surface area contributed by atoms with Crippen LogP contribution in [0.15, 0.2) is 34.2 Å². The van der Waals surface area contributed by atoms with Gasteiger partial charge in [-0.1, -0.05) is 0 Å². The number of aliphatic imine (C=N–C) groups is 1. The van der Waals surface area contributed by atoms with E-state index in [1.807, 2.05) is 6.92 Å². The molecule has 0 heterocycles. The number of benzene rings is 1. The topological polar surface area (TPSA) is 74.8 Å². The van der Waals surface area contributed by atoms with E-state index in [1.54, 1.807) is 31.0 Å². The lowest BCUT2D eigenvalue weighted by Crippen LogP contribution is -2.39. The third-order valence-electron chi connectivity index (χ3n) is 3.05. The zero-order valence-electron chi connectivity index (χ0n) is 14.8. The van der Waals surface area contributed by atoms with Crippen LogP contribution < -0.4 is 16.0 Å². The van der Waals surface area contributed by atoms with Crippen molar-refractivity contribution in [2.75, 3.05) is 45.6 Å². The van der Waals surface area contributed by atoms with Crippen LogP contribution in [-0.2, 0) is 9.53 Å². The molecule has 3 N–H and O–H groups in total. The quantitative estimate of drug-likeness (QED) is 0.239.